The molecule has 0 radical (unpaired) electrons. The molecule has 1 fully saturated rings. The summed E-state index contributed by atoms with van der Waals surface area (Å²) in [5.41, 5.74) is 1.83. The number of aryl methyl sites for hydroxylation is 1. The first-order chi connectivity index (χ1) is 9.79. The van der Waals surface area contributed by atoms with Crippen LogP contribution in [0.1, 0.15) is 87.9 Å². The van der Waals surface area contributed by atoms with E-state index in [4.69, 9.17) is 0 Å². The van der Waals surface area contributed by atoms with Crippen LogP contribution in [0.5, 0.6) is 0 Å². The largest absolute Gasteiger partial charge is 0.618 e. The smallest absolute Gasteiger partial charge is 0.196 e. The zero-order valence-corrected chi connectivity index (χ0v) is 12.9. The van der Waals surface area contributed by atoms with Crippen LogP contribution in [-0.2, 0) is 0 Å². The van der Waals surface area contributed by atoms with Crippen molar-refractivity contribution in [3.63, 3.8) is 0 Å². The molecule has 0 bridgehead atoms. The predicted octanol–water partition coefficient (Wildman–Crippen LogP) is 5.02. The van der Waals surface area contributed by atoms with Gasteiger partial charge in [0.1, 0.15) is 0 Å². The van der Waals surface area contributed by atoms with Gasteiger partial charge >= 0.3 is 0 Å². The molecule has 1 aliphatic rings. The minimum Gasteiger partial charge on any atom is -0.618 e. The van der Waals surface area contributed by atoms with E-state index in [1.165, 1.54) is 70.6 Å². The van der Waals surface area contributed by atoms with Crippen LogP contribution < -0.4 is 4.73 Å². The highest BCUT2D eigenvalue weighted by atomic mass is 16.5. The van der Waals surface area contributed by atoms with E-state index < -0.39 is 0 Å². The van der Waals surface area contributed by atoms with E-state index in [1.807, 2.05) is 25.1 Å². The lowest BCUT2D eigenvalue weighted by Crippen LogP contribution is -2.36. The van der Waals surface area contributed by atoms with E-state index in [9.17, 15) is 5.21 Å². The van der Waals surface area contributed by atoms with Crippen molar-refractivity contribution in [2.24, 2.45) is 0 Å². The lowest BCUT2D eigenvalue weighted by atomic mass is 9.90. The summed E-state index contributed by atoms with van der Waals surface area (Å²) >= 11 is 0. The second-order valence-electron chi connectivity index (χ2n) is 6.34. The monoisotopic (exact) mass is 275 g/mol. The second kappa shape index (κ2) is 8.28. The number of pyridine rings is 1. The second-order valence-corrected chi connectivity index (χ2v) is 6.34. The molecule has 2 rings (SSSR count). The van der Waals surface area contributed by atoms with Crippen LogP contribution in [-0.4, -0.2) is 0 Å². The maximum atomic E-state index is 12.3. The molecule has 1 aliphatic carbocycles. The summed E-state index contributed by atoms with van der Waals surface area (Å²) in [6.45, 7) is 1.91. The molecule has 0 atom stereocenters. The SMILES string of the molecule is Cc1cccc(C2CCCCCCCCCCC2)[n+]1[O-]. The van der Waals surface area contributed by atoms with Gasteiger partial charge in [0, 0.05) is 25.0 Å². The minimum absolute atomic E-state index is 0.465. The first-order valence-corrected chi connectivity index (χ1v) is 8.48. The fourth-order valence-electron chi connectivity index (χ4n) is 3.39. The third kappa shape index (κ3) is 4.50. The molecule has 0 unspecified atom stereocenters. The highest BCUT2D eigenvalue weighted by Crippen LogP contribution is 2.27. The van der Waals surface area contributed by atoms with Crippen molar-refractivity contribution in [3.8, 4) is 0 Å². The molecule has 1 heterocycles. The average Bonchev–Trinajstić information content (AvgIpc) is 2.43. The standard InChI is InChI=1S/C18H29NO/c1-16-12-11-15-18(19(16)20)17-13-9-7-5-3-2-4-6-8-10-14-17/h11-12,15,17H,2-10,13-14H2,1H3. The van der Waals surface area contributed by atoms with Gasteiger partial charge in [-0.1, -0.05) is 57.8 Å². The Morgan fingerprint density at radius 2 is 1.35 bits per heavy atom. The lowest BCUT2D eigenvalue weighted by Gasteiger charge is -2.18. The molecule has 2 heteroatoms. The summed E-state index contributed by atoms with van der Waals surface area (Å²) in [4.78, 5) is 0. The summed E-state index contributed by atoms with van der Waals surface area (Å²) in [5.74, 6) is 0.465. The number of aromatic nitrogens is 1. The third-order valence-electron chi connectivity index (χ3n) is 4.68. The van der Waals surface area contributed by atoms with Crippen LogP contribution in [0.3, 0.4) is 0 Å². The topological polar surface area (TPSA) is 26.9 Å². The third-order valence-corrected chi connectivity index (χ3v) is 4.68. The van der Waals surface area contributed by atoms with Gasteiger partial charge in [-0.05, 0) is 18.9 Å². The first kappa shape index (κ1) is 15.3. The molecule has 0 spiro atoms. The first-order valence-electron chi connectivity index (χ1n) is 8.48. The van der Waals surface area contributed by atoms with E-state index in [-0.39, 0.29) is 0 Å². The quantitative estimate of drug-likeness (QED) is 0.522. The molecule has 1 aromatic rings. The van der Waals surface area contributed by atoms with Crippen molar-refractivity contribution in [2.45, 2.75) is 83.5 Å². The molecular weight excluding hydrogens is 246 g/mol. The molecule has 1 aromatic heterocycles. The predicted molar refractivity (Wildman–Crippen MR) is 83.7 cm³/mol. The van der Waals surface area contributed by atoms with E-state index in [1.54, 1.807) is 0 Å². The Morgan fingerprint density at radius 1 is 0.850 bits per heavy atom. The molecule has 0 aliphatic heterocycles. The van der Waals surface area contributed by atoms with Gasteiger partial charge in [0.15, 0.2) is 11.4 Å². The van der Waals surface area contributed by atoms with Gasteiger partial charge in [0.25, 0.3) is 0 Å². The number of rotatable bonds is 1. The number of hydrogen-bond donors (Lipinski definition) is 0. The van der Waals surface area contributed by atoms with Gasteiger partial charge < -0.3 is 5.21 Å². The summed E-state index contributed by atoms with van der Waals surface area (Å²) < 4.78 is 1.16. The Labute approximate surface area is 123 Å². The molecule has 2 nitrogen and oxygen atoms in total. The number of nitrogens with zero attached hydrogens (tertiary/aromatic N) is 1. The Kier molecular flexibility index (Phi) is 6.35. The molecule has 20 heavy (non-hydrogen) atoms. The van der Waals surface area contributed by atoms with Gasteiger partial charge in [-0.3, -0.25) is 0 Å². The fourth-order valence-corrected chi connectivity index (χ4v) is 3.39. The molecule has 0 saturated heterocycles. The Bertz CT molecular complexity index is 390. The van der Waals surface area contributed by atoms with Crippen LogP contribution >= 0.6 is 0 Å². The average molecular weight is 275 g/mol. The van der Waals surface area contributed by atoms with Crippen LogP contribution in [0.4, 0.5) is 0 Å². The van der Waals surface area contributed by atoms with Crippen molar-refractivity contribution < 1.29 is 4.73 Å². The minimum atomic E-state index is 0.465. The van der Waals surface area contributed by atoms with E-state index in [0.29, 0.717) is 5.92 Å². The van der Waals surface area contributed by atoms with Crippen molar-refractivity contribution in [1.29, 1.82) is 0 Å². The highest BCUT2D eigenvalue weighted by Gasteiger charge is 2.20. The zero-order valence-electron chi connectivity index (χ0n) is 12.9. The van der Waals surface area contributed by atoms with E-state index in [0.717, 1.165) is 16.1 Å². The highest BCUT2D eigenvalue weighted by molar-refractivity contribution is 5.07. The van der Waals surface area contributed by atoms with Crippen LogP contribution in [0.25, 0.3) is 0 Å². The fraction of sp³-hybridized carbons (Fsp3) is 0.722. The molecule has 0 aromatic carbocycles. The van der Waals surface area contributed by atoms with Crippen molar-refractivity contribution >= 4 is 0 Å². The molecule has 1 saturated carbocycles. The summed E-state index contributed by atoms with van der Waals surface area (Å²) in [7, 11) is 0. The maximum absolute atomic E-state index is 12.3. The van der Waals surface area contributed by atoms with Gasteiger partial charge in [-0.2, -0.15) is 4.73 Å². The van der Waals surface area contributed by atoms with Crippen molar-refractivity contribution in [3.05, 3.63) is 34.8 Å². The zero-order chi connectivity index (χ0) is 14.2. The normalized spacial score (nSPS) is 20.1. The summed E-state index contributed by atoms with van der Waals surface area (Å²) in [6.07, 6.45) is 14.6. The van der Waals surface area contributed by atoms with Gasteiger partial charge in [-0.15, -0.1) is 0 Å². The van der Waals surface area contributed by atoms with Crippen molar-refractivity contribution in [2.75, 3.05) is 0 Å². The van der Waals surface area contributed by atoms with E-state index >= 15 is 0 Å². The van der Waals surface area contributed by atoms with Crippen molar-refractivity contribution in [1.82, 2.24) is 0 Å². The molecule has 0 amide bonds. The molecular formula is C18H29NO. The van der Waals surface area contributed by atoms with E-state index in [2.05, 4.69) is 0 Å². The molecule has 112 valence electrons. The van der Waals surface area contributed by atoms with Crippen LogP contribution in [0.2, 0.25) is 0 Å². The van der Waals surface area contributed by atoms with Gasteiger partial charge in [0.2, 0.25) is 0 Å². The van der Waals surface area contributed by atoms with Gasteiger partial charge in [-0.25, -0.2) is 0 Å². The van der Waals surface area contributed by atoms with Crippen LogP contribution in [0, 0.1) is 12.1 Å². The van der Waals surface area contributed by atoms with Crippen LogP contribution in [0.15, 0.2) is 18.2 Å². The lowest BCUT2D eigenvalue weighted by molar-refractivity contribution is -0.622. The summed E-state index contributed by atoms with van der Waals surface area (Å²) in [6, 6.07) is 5.98. The summed E-state index contributed by atoms with van der Waals surface area (Å²) in [5, 5.41) is 12.3. The molecule has 0 N–H and O–H groups in total. The number of hydrogen-bond acceptors (Lipinski definition) is 1. The Hall–Kier alpha value is -1.05. The maximum Gasteiger partial charge on any atom is 0.196 e. The van der Waals surface area contributed by atoms with Gasteiger partial charge in [0.05, 0.1) is 0 Å². The Balaban J connectivity index is 2.03. The Morgan fingerprint density at radius 3 is 1.90 bits per heavy atom.